The maximum absolute atomic E-state index is 14.5. The number of methoxy groups -OCH3 is 1. The van der Waals surface area contributed by atoms with Gasteiger partial charge in [0.2, 0.25) is 17.1 Å². The van der Waals surface area contributed by atoms with Crippen molar-refractivity contribution in [3.8, 4) is 5.75 Å². The molecule has 3 aromatic rings. The molecule has 1 fully saturated rings. The lowest BCUT2D eigenvalue weighted by atomic mass is 9.85. The number of benzene rings is 2. The fourth-order valence-corrected chi connectivity index (χ4v) is 8.52. The summed E-state index contributed by atoms with van der Waals surface area (Å²) in [5.41, 5.74) is -1.66. The number of carbonyl (C=O) groups excluding carboxylic acids is 4. The van der Waals surface area contributed by atoms with Crippen molar-refractivity contribution in [3.05, 3.63) is 98.5 Å². The number of halogens is 2. The predicted octanol–water partition coefficient (Wildman–Crippen LogP) is 8.25. The van der Waals surface area contributed by atoms with Crippen LogP contribution in [-0.4, -0.2) is 64.4 Å². The Morgan fingerprint density at radius 1 is 0.935 bits per heavy atom. The third-order valence-corrected chi connectivity index (χ3v) is 12.1. The molecule has 2 amide bonds. The van der Waals surface area contributed by atoms with Crippen LogP contribution in [0.3, 0.4) is 0 Å². The highest BCUT2D eigenvalue weighted by atomic mass is 19.1. The largest absolute Gasteiger partial charge is 0.482 e. The topological polar surface area (TPSA) is 155 Å². The maximum Gasteiger partial charge on any atom is 0.315 e. The van der Waals surface area contributed by atoms with Crippen molar-refractivity contribution in [3.63, 3.8) is 0 Å². The number of nitrogens with one attached hydrogen (secondary N) is 1. The summed E-state index contributed by atoms with van der Waals surface area (Å²) in [6.07, 6.45) is 15.4. The van der Waals surface area contributed by atoms with Gasteiger partial charge in [-0.3, -0.25) is 24.0 Å². The normalized spacial score (nSPS) is 19.0. The number of fused-ring (bicyclic) bond motifs is 5. The minimum absolute atomic E-state index is 0.00974. The van der Waals surface area contributed by atoms with Crippen LogP contribution in [0, 0.1) is 11.6 Å². The number of hydrogen-bond donors (Lipinski definition) is 1. The van der Waals surface area contributed by atoms with E-state index in [-0.39, 0.29) is 49.3 Å². The molecular formula is C47H58F2N4O9. The molecule has 1 saturated heterocycles. The first-order valence-electron chi connectivity index (χ1n) is 22.0. The van der Waals surface area contributed by atoms with Gasteiger partial charge >= 0.3 is 11.9 Å². The maximum atomic E-state index is 14.5. The van der Waals surface area contributed by atoms with Crippen LogP contribution >= 0.6 is 0 Å². The number of esters is 2. The van der Waals surface area contributed by atoms with E-state index in [1.807, 2.05) is 6.92 Å². The first-order chi connectivity index (χ1) is 29.9. The Morgan fingerprint density at radius 2 is 1.65 bits per heavy atom. The second-order valence-corrected chi connectivity index (χ2v) is 16.7. The van der Waals surface area contributed by atoms with Crippen molar-refractivity contribution in [2.75, 3.05) is 13.7 Å². The highest BCUT2D eigenvalue weighted by molar-refractivity contribution is 6.00. The lowest BCUT2D eigenvalue weighted by Gasteiger charge is -2.41. The van der Waals surface area contributed by atoms with Crippen molar-refractivity contribution in [2.24, 2.45) is 5.16 Å². The summed E-state index contributed by atoms with van der Waals surface area (Å²) < 4.78 is 46.3. The highest BCUT2D eigenvalue weighted by Crippen LogP contribution is 2.46. The first-order valence-corrected chi connectivity index (χ1v) is 22.0. The van der Waals surface area contributed by atoms with Gasteiger partial charge < -0.3 is 33.8 Å². The van der Waals surface area contributed by atoms with Gasteiger partial charge in [0.25, 0.3) is 11.8 Å². The second kappa shape index (κ2) is 21.5. The molecule has 0 aliphatic carbocycles. The van der Waals surface area contributed by atoms with Gasteiger partial charge in [0.05, 0.1) is 26.0 Å². The van der Waals surface area contributed by atoms with Crippen LogP contribution < -0.4 is 15.5 Å². The van der Waals surface area contributed by atoms with E-state index < -0.39 is 64.3 Å². The second-order valence-electron chi connectivity index (χ2n) is 16.7. The van der Waals surface area contributed by atoms with E-state index in [0.29, 0.717) is 42.4 Å². The SMILES string of the molecule is CCCCCCCCCCCCCC(=O)OCc1cccc(CC(=O)Oc2c3n(cc(C(=O)NCc4ccc(F)cc4F)c2=O)[C@@H]2CN(C3=O)[C@@H](C)CC[C@]23CC(OC)=NO3)c1. The van der Waals surface area contributed by atoms with E-state index in [0.717, 1.165) is 25.3 Å². The lowest BCUT2D eigenvalue weighted by molar-refractivity contribution is -0.145. The number of ether oxygens (including phenoxy) is 3. The highest BCUT2D eigenvalue weighted by Gasteiger charge is 2.55. The molecule has 3 aliphatic rings. The molecule has 62 heavy (non-hydrogen) atoms. The molecule has 1 N–H and O–H groups in total. The van der Waals surface area contributed by atoms with Crippen LogP contribution in [0.25, 0.3) is 0 Å². The number of amides is 2. The molecule has 2 aromatic carbocycles. The summed E-state index contributed by atoms with van der Waals surface area (Å²) in [7, 11) is 1.47. The molecule has 3 aliphatic heterocycles. The van der Waals surface area contributed by atoms with E-state index in [2.05, 4.69) is 17.4 Å². The smallest absolute Gasteiger partial charge is 0.315 e. The molecule has 1 spiro atoms. The Labute approximate surface area is 361 Å². The third kappa shape index (κ3) is 11.3. The molecule has 4 heterocycles. The first kappa shape index (κ1) is 45.9. The van der Waals surface area contributed by atoms with Gasteiger partial charge in [-0.2, -0.15) is 0 Å². The van der Waals surface area contributed by atoms with E-state index >= 15 is 0 Å². The Kier molecular flexibility index (Phi) is 15.9. The van der Waals surface area contributed by atoms with Crippen molar-refractivity contribution in [1.29, 1.82) is 0 Å². The van der Waals surface area contributed by atoms with Crippen LogP contribution in [0.4, 0.5) is 8.78 Å². The fourth-order valence-electron chi connectivity index (χ4n) is 8.52. The Bertz CT molecular complexity index is 2190. The van der Waals surface area contributed by atoms with Gasteiger partial charge in [-0.25, -0.2) is 8.78 Å². The Hall–Kier alpha value is -5.60. The van der Waals surface area contributed by atoms with E-state index in [1.54, 1.807) is 29.2 Å². The number of pyridine rings is 1. The molecule has 13 nitrogen and oxygen atoms in total. The van der Waals surface area contributed by atoms with Gasteiger partial charge in [-0.1, -0.05) is 107 Å². The monoisotopic (exact) mass is 860 g/mol. The van der Waals surface area contributed by atoms with Crippen molar-refractivity contribution in [2.45, 2.75) is 147 Å². The number of rotatable bonds is 20. The fraction of sp³-hybridized carbons (Fsp3) is 0.532. The van der Waals surface area contributed by atoms with Gasteiger partial charge in [-0.15, -0.1) is 0 Å². The van der Waals surface area contributed by atoms with Crippen molar-refractivity contribution in [1.82, 2.24) is 14.8 Å². The Morgan fingerprint density at radius 3 is 2.34 bits per heavy atom. The summed E-state index contributed by atoms with van der Waals surface area (Å²) in [4.78, 5) is 76.2. The third-order valence-electron chi connectivity index (χ3n) is 12.1. The van der Waals surface area contributed by atoms with Crippen LogP contribution in [-0.2, 0) is 43.5 Å². The average Bonchev–Trinajstić information content (AvgIpc) is 3.63. The molecule has 1 aromatic heterocycles. The molecule has 0 saturated carbocycles. The molecule has 15 heteroatoms. The van der Waals surface area contributed by atoms with Crippen LogP contribution in [0.15, 0.2) is 58.6 Å². The molecule has 6 rings (SSSR count). The molecule has 334 valence electrons. The zero-order chi connectivity index (χ0) is 44.2. The zero-order valence-electron chi connectivity index (χ0n) is 36.0. The predicted molar refractivity (Wildman–Crippen MR) is 227 cm³/mol. The summed E-state index contributed by atoms with van der Waals surface area (Å²) in [6.45, 7) is 3.85. The number of unbranched alkanes of at least 4 members (excludes halogenated alkanes) is 10. The van der Waals surface area contributed by atoms with Gasteiger partial charge in [-0.05, 0) is 43.4 Å². The molecule has 3 atom stereocenters. The lowest BCUT2D eigenvalue weighted by Crippen LogP contribution is -2.52. The van der Waals surface area contributed by atoms with Gasteiger partial charge in [0.15, 0.2) is 11.3 Å². The van der Waals surface area contributed by atoms with E-state index in [4.69, 9.17) is 19.0 Å². The minimum Gasteiger partial charge on any atom is -0.482 e. The summed E-state index contributed by atoms with van der Waals surface area (Å²) in [5, 5.41) is 6.64. The van der Waals surface area contributed by atoms with Crippen molar-refractivity contribution < 1.29 is 47.0 Å². The molecular weight excluding hydrogens is 803 g/mol. The van der Waals surface area contributed by atoms with E-state index in [1.165, 1.54) is 75.3 Å². The van der Waals surface area contributed by atoms with Crippen LogP contribution in [0.1, 0.15) is 154 Å². The quantitative estimate of drug-likeness (QED) is 0.0874. The Balaban J connectivity index is 1.15. The standard InChI is InChI=1S/C47H58F2N4O9/c1-4-5-6-7-8-9-10-11-12-13-14-18-40(54)60-30-33-17-15-16-32(23-33)24-41(55)61-44-42-46(58)52-29-38(47(22-21-31(52)2)26-39(59-3)51-62-47)53(42)28-36(43(44)56)45(57)50-27-34-19-20-35(48)25-37(34)49/h15-17,19-20,23,25,28,31,38H,4-14,18,21-22,24,26-27,29-30H2,1-3H3,(H,50,57)/t31-,38+,47-/m0/s1. The van der Waals surface area contributed by atoms with Gasteiger partial charge in [0.1, 0.15) is 23.8 Å². The number of carbonyl (C=O) groups is 4. The number of oxime groups is 1. The zero-order valence-corrected chi connectivity index (χ0v) is 36.0. The van der Waals surface area contributed by atoms with Crippen LogP contribution in [0.5, 0.6) is 5.75 Å². The molecule has 0 unspecified atom stereocenters. The summed E-state index contributed by atoms with van der Waals surface area (Å²) >= 11 is 0. The molecule has 2 bridgehead atoms. The summed E-state index contributed by atoms with van der Waals surface area (Å²) in [5.74, 6) is -4.70. The van der Waals surface area contributed by atoms with Crippen molar-refractivity contribution >= 4 is 29.7 Å². The van der Waals surface area contributed by atoms with Gasteiger partial charge in [0, 0.05) is 43.4 Å². The molecule has 0 radical (unpaired) electrons. The van der Waals surface area contributed by atoms with Crippen LogP contribution in [0.2, 0.25) is 0 Å². The number of nitrogens with zero attached hydrogens (tertiary/aromatic N) is 3. The minimum atomic E-state index is -1.04. The number of hydrogen-bond acceptors (Lipinski definition) is 10. The summed E-state index contributed by atoms with van der Waals surface area (Å²) in [6, 6.07) is 8.74. The number of aromatic nitrogens is 1. The van der Waals surface area contributed by atoms with E-state index in [9.17, 15) is 32.8 Å². The average molecular weight is 861 g/mol.